The van der Waals surface area contributed by atoms with Crippen molar-refractivity contribution in [3.63, 3.8) is 0 Å². The first kappa shape index (κ1) is 15.5. The predicted octanol–water partition coefficient (Wildman–Crippen LogP) is 3.30. The van der Waals surface area contributed by atoms with Crippen molar-refractivity contribution in [2.75, 3.05) is 17.2 Å². The van der Waals surface area contributed by atoms with Gasteiger partial charge in [0.05, 0.1) is 6.54 Å². The summed E-state index contributed by atoms with van der Waals surface area (Å²) >= 11 is 1.44. The predicted molar refractivity (Wildman–Crippen MR) is 75.4 cm³/mol. The average Bonchev–Trinajstić information content (AvgIpc) is 2.81. The summed E-state index contributed by atoms with van der Waals surface area (Å²) in [6.07, 6.45) is -4.58. The van der Waals surface area contributed by atoms with Crippen molar-refractivity contribution in [3.05, 3.63) is 28.0 Å². The number of alkyl halides is 3. The maximum absolute atomic E-state index is 12.8. The Morgan fingerprint density at radius 1 is 1.14 bits per heavy atom. The van der Waals surface area contributed by atoms with Gasteiger partial charge in [-0.15, -0.1) is 11.3 Å². The first-order chi connectivity index (χ1) is 9.88. The second-order valence-corrected chi connectivity index (χ2v) is 5.17. The smallest absolute Gasteiger partial charge is 0.370 e. The molecule has 2 aromatic heterocycles. The molecule has 21 heavy (non-hydrogen) atoms. The molecule has 0 bridgehead atoms. The van der Waals surface area contributed by atoms with E-state index in [-0.39, 0.29) is 11.6 Å². The molecule has 0 aliphatic heterocycles. The standard InChI is InChI=1S/C12H14F3N5S/c1-3-16-8-4-9(20-11(19-8)12(13,14)15)17-5-10-18-7(2)6-21-10/h4,6H,3,5H2,1-2H3,(H2,16,17,19,20). The van der Waals surface area contributed by atoms with Gasteiger partial charge in [0.25, 0.3) is 0 Å². The summed E-state index contributed by atoms with van der Waals surface area (Å²) in [6.45, 7) is 4.42. The third-order valence-electron chi connectivity index (χ3n) is 2.42. The number of nitrogens with one attached hydrogen (secondary N) is 2. The van der Waals surface area contributed by atoms with Crippen molar-refractivity contribution >= 4 is 23.0 Å². The van der Waals surface area contributed by atoms with Crippen LogP contribution in [-0.4, -0.2) is 21.5 Å². The zero-order chi connectivity index (χ0) is 15.5. The van der Waals surface area contributed by atoms with E-state index in [0.717, 1.165) is 10.7 Å². The molecule has 0 saturated heterocycles. The normalized spacial score (nSPS) is 11.5. The fraction of sp³-hybridized carbons (Fsp3) is 0.417. The summed E-state index contributed by atoms with van der Waals surface area (Å²) in [4.78, 5) is 11.2. The quantitative estimate of drug-likeness (QED) is 0.886. The molecule has 2 N–H and O–H groups in total. The number of thiazole rings is 1. The summed E-state index contributed by atoms with van der Waals surface area (Å²) in [7, 11) is 0. The molecule has 9 heteroatoms. The SMILES string of the molecule is CCNc1cc(NCc2nc(C)cs2)nc(C(F)(F)F)n1. The van der Waals surface area contributed by atoms with Gasteiger partial charge in [-0.05, 0) is 13.8 Å². The number of aromatic nitrogens is 3. The van der Waals surface area contributed by atoms with Crippen molar-refractivity contribution in [2.24, 2.45) is 0 Å². The van der Waals surface area contributed by atoms with Crippen molar-refractivity contribution in [1.29, 1.82) is 0 Å². The number of anilines is 2. The summed E-state index contributed by atoms with van der Waals surface area (Å²) in [5.74, 6) is -0.919. The topological polar surface area (TPSA) is 62.7 Å². The van der Waals surface area contributed by atoms with E-state index in [2.05, 4.69) is 25.6 Å². The van der Waals surface area contributed by atoms with Crippen LogP contribution in [-0.2, 0) is 12.7 Å². The lowest BCUT2D eigenvalue weighted by Crippen LogP contribution is -2.15. The highest BCUT2D eigenvalue weighted by Gasteiger charge is 2.35. The van der Waals surface area contributed by atoms with Gasteiger partial charge in [-0.1, -0.05) is 0 Å². The number of halogens is 3. The van der Waals surface area contributed by atoms with E-state index < -0.39 is 12.0 Å². The minimum atomic E-state index is -4.58. The second-order valence-electron chi connectivity index (χ2n) is 4.23. The molecular weight excluding hydrogens is 303 g/mol. The molecule has 2 aromatic rings. The highest BCUT2D eigenvalue weighted by molar-refractivity contribution is 7.09. The lowest BCUT2D eigenvalue weighted by molar-refractivity contribution is -0.144. The minimum absolute atomic E-state index is 0.112. The van der Waals surface area contributed by atoms with Crippen molar-refractivity contribution < 1.29 is 13.2 Å². The maximum Gasteiger partial charge on any atom is 0.451 e. The van der Waals surface area contributed by atoms with Crippen LogP contribution in [0.25, 0.3) is 0 Å². The Morgan fingerprint density at radius 2 is 1.81 bits per heavy atom. The molecule has 2 rings (SSSR count). The first-order valence-electron chi connectivity index (χ1n) is 6.23. The number of nitrogens with zero attached hydrogens (tertiary/aromatic N) is 3. The van der Waals surface area contributed by atoms with Gasteiger partial charge in [0.1, 0.15) is 16.6 Å². The zero-order valence-electron chi connectivity index (χ0n) is 11.5. The molecular formula is C12H14F3N5S. The Balaban J connectivity index is 2.19. The Labute approximate surface area is 123 Å². The van der Waals surface area contributed by atoms with Crippen LogP contribution in [0.15, 0.2) is 11.4 Å². The maximum atomic E-state index is 12.8. The van der Waals surface area contributed by atoms with Crippen molar-refractivity contribution in [3.8, 4) is 0 Å². The van der Waals surface area contributed by atoms with E-state index in [4.69, 9.17) is 0 Å². The molecule has 0 fully saturated rings. The minimum Gasteiger partial charge on any atom is -0.370 e. The first-order valence-corrected chi connectivity index (χ1v) is 7.11. The van der Waals surface area contributed by atoms with Crippen LogP contribution in [0.2, 0.25) is 0 Å². The molecule has 0 aliphatic rings. The van der Waals surface area contributed by atoms with Crippen molar-refractivity contribution in [1.82, 2.24) is 15.0 Å². The molecule has 0 unspecified atom stereocenters. The Kier molecular flexibility index (Phi) is 4.61. The summed E-state index contributed by atoms with van der Waals surface area (Å²) in [6, 6.07) is 1.44. The van der Waals surface area contributed by atoms with Crippen LogP contribution in [0, 0.1) is 6.92 Å². The van der Waals surface area contributed by atoms with Crippen LogP contribution in [0.5, 0.6) is 0 Å². The van der Waals surface area contributed by atoms with Crippen LogP contribution in [0.4, 0.5) is 24.8 Å². The molecule has 0 saturated carbocycles. The Bertz CT molecular complexity index is 611. The molecule has 0 amide bonds. The summed E-state index contributed by atoms with van der Waals surface area (Å²) in [5, 5.41) is 8.26. The lowest BCUT2D eigenvalue weighted by atomic mass is 10.4. The van der Waals surface area contributed by atoms with Gasteiger partial charge in [-0.3, -0.25) is 0 Å². The van der Waals surface area contributed by atoms with Gasteiger partial charge in [0, 0.05) is 23.7 Å². The van der Waals surface area contributed by atoms with Crippen LogP contribution < -0.4 is 10.6 Å². The number of hydrogen-bond donors (Lipinski definition) is 2. The molecule has 0 atom stereocenters. The van der Waals surface area contributed by atoms with E-state index in [1.807, 2.05) is 12.3 Å². The fourth-order valence-corrected chi connectivity index (χ4v) is 2.30. The highest BCUT2D eigenvalue weighted by Crippen LogP contribution is 2.28. The van der Waals surface area contributed by atoms with Gasteiger partial charge in [-0.25, -0.2) is 15.0 Å². The third-order valence-corrected chi connectivity index (χ3v) is 3.39. The molecule has 2 heterocycles. The van der Waals surface area contributed by atoms with E-state index in [0.29, 0.717) is 13.1 Å². The number of rotatable bonds is 5. The Hall–Kier alpha value is -1.90. The van der Waals surface area contributed by atoms with Gasteiger partial charge in [0.15, 0.2) is 0 Å². The van der Waals surface area contributed by atoms with E-state index in [1.54, 1.807) is 6.92 Å². The molecule has 0 radical (unpaired) electrons. The van der Waals surface area contributed by atoms with Crippen molar-refractivity contribution in [2.45, 2.75) is 26.6 Å². The number of aryl methyl sites for hydroxylation is 1. The Morgan fingerprint density at radius 3 is 2.33 bits per heavy atom. The molecule has 0 spiro atoms. The van der Waals surface area contributed by atoms with Crippen LogP contribution in [0.3, 0.4) is 0 Å². The molecule has 0 aromatic carbocycles. The zero-order valence-corrected chi connectivity index (χ0v) is 12.3. The molecule has 114 valence electrons. The van der Waals surface area contributed by atoms with Crippen LogP contribution >= 0.6 is 11.3 Å². The molecule has 0 aliphatic carbocycles. The van der Waals surface area contributed by atoms with Gasteiger partial charge in [-0.2, -0.15) is 13.2 Å². The molecule has 5 nitrogen and oxygen atoms in total. The second kappa shape index (κ2) is 6.25. The van der Waals surface area contributed by atoms with Gasteiger partial charge >= 0.3 is 6.18 Å². The van der Waals surface area contributed by atoms with E-state index in [1.165, 1.54) is 17.4 Å². The van der Waals surface area contributed by atoms with Gasteiger partial charge < -0.3 is 10.6 Å². The van der Waals surface area contributed by atoms with E-state index >= 15 is 0 Å². The monoisotopic (exact) mass is 317 g/mol. The number of hydrogen-bond acceptors (Lipinski definition) is 6. The van der Waals surface area contributed by atoms with Gasteiger partial charge in [0.2, 0.25) is 5.82 Å². The third kappa shape index (κ3) is 4.28. The highest BCUT2D eigenvalue weighted by atomic mass is 32.1. The summed E-state index contributed by atoms with van der Waals surface area (Å²) in [5.41, 5.74) is 0.879. The summed E-state index contributed by atoms with van der Waals surface area (Å²) < 4.78 is 38.3. The largest absolute Gasteiger partial charge is 0.451 e. The lowest BCUT2D eigenvalue weighted by Gasteiger charge is -2.11. The average molecular weight is 317 g/mol. The van der Waals surface area contributed by atoms with E-state index in [9.17, 15) is 13.2 Å². The fourth-order valence-electron chi connectivity index (χ4n) is 1.59. The van der Waals surface area contributed by atoms with Crippen LogP contribution in [0.1, 0.15) is 23.4 Å².